The number of pyridine rings is 1. The van der Waals surface area contributed by atoms with Gasteiger partial charge in [0, 0.05) is 32.1 Å². The molecule has 2 aromatic heterocycles. The first-order valence-electron chi connectivity index (χ1n) is 7.23. The highest BCUT2D eigenvalue weighted by molar-refractivity contribution is 5.54. The zero-order chi connectivity index (χ0) is 15.1. The highest BCUT2D eigenvalue weighted by Crippen LogP contribution is 2.18. The van der Waals surface area contributed by atoms with Crippen molar-refractivity contribution in [3.05, 3.63) is 41.3 Å². The second-order valence-corrected chi connectivity index (χ2v) is 4.86. The van der Waals surface area contributed by atoms with Gasteiger partial charge in [-0.2, -0.15) is 0 Å². The first kappa shape index (κ1) is 15.5. The number of aryl methyl sites for hydroxylation is 2. The maximum atomic E-state index is 5.02. The number of rotatable bonds is 7. The first-order valence-corrected chi connectivity index (χ1v) is 7.23. The van der Waals surface area contributed by atoms with Crippen LogP contribution in [0, 0.1) is 6.92 Å². The van der Waals surface area contributed by atoms with Crippen LogP contribution in [-0.4, -0.2) is 35.2 Å². The Bertz CT molecular complexity index is 586. The van der Waals surface area contributed by atoms with Gasteiger partial charge < -0.3 is 10.1 Å². The zero-order valence-corrected chi connectivity index (χ0v) is 12.9. The van der Waals surface area contributed by atoms with E-state index in [1.54, 1.807) is 13.3 Å². The monoisotopic (exact) mass is 286 g/mol. The number of methoxy groups -OCH3 is 1. The van der Waals surface area contributed by atoms with Crippen molar-refractivity contribution in [1.82, 2.24) is 20.3 Å². The number of aromatic nitrogens is 3. The molecule has 0 saturated carbocycles. The molecule has 5 nitrogen and oxygen atoms in total. The smallest absolute Gasteiger partial charge is 0.178 e. The van der Waals surface area contributed by atoms with E-state index in [0.29, 0.717) is 19.0 Å². The van der Waals surface area contributed by atoms with E-state index < -0.39 is 0 Å². The number of nitrogens with one attached hydrogen (secondary N) is 1. The number of hydrogen-bond acceptors (Lipinski definition) is 5. The lowest BCUT2D eigenvalue weighted by molar-refractivity contribution is 0.199. The lowest BCUT2D eigenvalue weighted by Gasteiger charge is -2.09. The SMILES string of the molecule is CCc1cccnc1-c1nc(C)cc(CNCCOC)n1. The highest BCUT2D eigenvalue weighted by atomic mass is 16.5. The Kier molecular flexibility index (Phi) is 5.78. The minimum absolute atomic E-state index is 0.692. The fourth-order valence-corrected chi connectivity index (χ4v) is 2.15. The lowest BCUT2D eigenvalue weighted by atomic mass is 10.1. The average Bonchev–Trinajstić information content (AvgIpc) is 2.51. The maximum absolute atomic E-state index is 5.02. The largest absolute Gasteiger partial charge is 0.383 e. The van der Waals surface area contributed by atoms with Crippen molar-refractivity contribution in [2.45, 2.75) is 26.8 Å². The summed E-state index contributed by atoms with van der Waals surface area (Å²) in [6, 6.07) is 6.02. The molecule has 2 rings (SSSR count). The summed E-state index contributed by atoms with van der Waals surface area (Å²) >= 11 is 0. The van der Waals surface area contributed by atoms with Crippen LogP contribution >= 0.6 is 0 Å². The van der Waals surface area contributed by atoms with Crippen molar-refractivity contribution < 1.29 is 4.74 Å². The van der Waals surface area contributed by atoms with E-state index in [1.165, 1.54) is 5.56 Å². The topological polar surface area (TPSA) is 59.9 Å². The van der Waals surface area contributed by atoms with Gasteiger partial charge in [-0.05, 0) is 31.0 Å². The molecule has 0 saturated heterocycles. The molecule has 2 heterocycles. The van der Waals surface area contributed by atoms with Gasteiger partial charge in [-0.25, -0.2) is 9.97 Å². The molecule has 0 atom stereocenters. The Morgan fingerprint density at radius 1 is 1.29 bits per heavy atom. The van der Waals surface area contributed by atoms with Crippen LogP contribution in [0.1, 0.15) is 23.9 Å². The van der Waals surface area contributed by atoms with Gasteiger partial charge in [0.15, 0.2) is 5.82 Å². The van der Waals surface area contributed by atoms with Crippen LogP contribution in [0.15, 0.2) is 24.4 Å². The number of nitrogens with zero attached hydrogens (tertiary/aromatic N) is 3. The van der Waals surface area contributed by atoms with Crippen molar-refractivity contribution in [3.8, 4) is 11.5 Å². The second-order valence-electron chi connectivity index (χ2n) is 4.86. The van der Waals surface area contributed by atoms with Crippen LogP contribution in [0.3, 0.4) is 0 Å². The zero-order valence-electron chi connectivity index (χ0n) is 12.9. The molecule has 0 fully saturated rings. The Morgan fingerprint density at radius 3 is 2.90 bits per heavy atom. The van der Waals surface area contributed by atoms with Crippen molar-refractivity contribution in [2.24, 2.45) is 0 Å². The van der Waals surface area contributed by atoms with Gasteiger partial charge in [0.05, 0.1) is 12.3 Å². The molecule has 0 aliphatic carbocycles. The Labute approximate surface area is 125 Å². The summed E-state index contributed by atoms with van der Waals surface area (Å²) in [5, 5.41) is 3.30. The van der Waals surface area contributed by atoms with E-state index in [-0.39, 0.29) is 0 Å². The van der Waals surface area contributed by atoms with Gasteiger partial charge in [-0.3, -0.25) is 4.98 Å². The minimum Gasteiger partial charge on any atom is -0.383 e. The quantitative estimate of drug-likeness (QED) is 0.790. The molecule has 2 aromatic rings. The fourth-order valence-electron chi connectivity index (χ4n) is 2.15. The Balaban J connectivity index is 2.22. The summed E-state index contributed by atoms with van der Waals surface area (Å²) in [5.74, 6) is 0.705. The Hall–Kier alpha value is -1.85. The third-order valence-electron chi connectivity index (χ3n) is 3.18. The molecule has 0 unspecified atom stereocenters. The molecule has 0 aliphatic rings. The molecule has 0 bridgehead atoms. The van der Waals surface area contributed by atoms with Crippen molar-refractivity contribution in [2.75, 3.05) is 20.3 Å². The number of ether oxygens (including phenoxy) is 1. The maximum Gasteiger partial charge on any atom is 0.178 e. The molecule has 21 heavy (non-hydrogen) atoms. The van der Waals surface area contributed by atoms with Gasteiger partial charge in [0.25, 0.3) is 0 Å². The third-order valence-corrected chi connectivity index (χ3v) is 3.18. The highest BCUT2D eigenvalue weighted by Gasteiger charge is 2.10. The van der Waals surface area contributed by atoms with E-state index in [0.717, 1.165) is 30.0 Å². The number of hydrogen-bond donors (Lipinski definition) is 1. The van der Waals surface area contributed by atoms with Crippen molar-refractivity contribution >= 4 is 0 Å². The molecule has 0 aromatic carbocycles. The molecular weight excluding hydrogens is 264 g/mol. The van der Waals surface area contributed by atoms with Crippen molar-refractivity contribution in [3.63, 3.8) is 0 Å². The van der Waals surface area contributed by atoms with Crippen molar-refractivity contribution in [1.29, 1.82) is 0 Å². The van der Waals surface area contributed by atoms with Crippen LogP contribution in [-0.2, 0) is 17.7 Å². The van der Waals surface area contributed by atoms with Gasteiger partial charge in [0.1, 0.15) is 5.69 Å². The van der Waals surface area contributed by atoms with Gasteiger partial charge >= 0.3 is 0 Å². The van der Waals surface area contributed by atoms with E-state index in [1.807, 2.05) is 19.1 Å². The van der Waals surface area contributed by atoms with Gasteiger partial charge in [-0.15, -0.1) is 0 Å². The fraction of sp³-hybridized carbons (Fsp3) is 0.438. The molecule has 0 aliphatic heterocycles. The third kappa shape index (κ3) is 4.31. The van der Waals surface area contributed by atoms with Gasteiger partial charge in [-0.1, -0.05) is 13.0 Å². The summed E-state index contributed by atoms with van der Waals surface area (Å²) in [4.78, 5) is 13.6. The van der Waals surface area contributed by atoms with E-state index >= 15 is 0 Å². The summed E-state index contributed by atoms with van der Waals surface area (Å²) in [6.45, 7) is 6.30. The standard InChI is InChI=1S/C16H22N4O/c1-4-13-6-5-7-18-15(13)16-19-12(2)10-14(20-16)11-17-8-9-21-3/h5-7,10,17H,4,8-9,11H2,1-3H3. The van der Waals surface area contributed by atoms with E-state index in [9.17, 15) is 0 Å². The summed E-state index contributed by atoms with van der Waals surface area (Å²) in [7, 11) is 1.70. The van der Waals surface area contributed by atoms with E-state index in [4.69, 9.17) is 4.74 Å². The molecule has 5 heteroatoms. The summed E-state index contributed by atoms with van der Waals surface area (Å²) in [6.07, 6.45) is 2.71. The van der Waals surface area contributed by atoms with Crippen LogP contribution in [0.5, 0.6) is 0 Å². The molecular formula is C16H22N4O. The van der Waals surface area contributed by atoms with Crippen LogP contribution in [0.2, 0.25) is 0 Å². The average molecular weight is 286 g/mol. The molecule has 0 radical (unpaired) electrons. The lowest BCUT2D eigenvalue weighted by Crippen LogP contribution is -2.19. The van der Waals surface area contributed by atoms with Crippen LogP contribution in [0.4, 0.5) is 0 Å². The Morgan fingerprint density at radius 2 is 2.14 bits per heavy atom. The second kappa shape index (κ2) is 7.81. The molecule has 112 valence electrons. The normalized spacial score (nSPS) is 10.8. The van der Waals surface area contributed by atoms with Crippen LogP contribution < -0.4 is 5.32 Å². The molecule has 1 N–H and O–H groups in total. The minimum atomic E-state index is 0.692. The van der Waals surface area contributed by atoms with E-state index in [2.05, 4.69) is 33.3 Å². The summed E-state index contributed by atoms with van der Waals surface area (Å²) < 4.78 is 5.02. The molecule has 0 amide bonds. The van der Waals surface area contributed by atoms with Crippen LogP contribution in [0.25, 0.3) is 11.5 Å². The van der Waals surface area contributed by atoms with Gasteiger partial charge in [0.2, 0.25) is 0 Å². The predicted molar refractivity (Wildman–Crippen MR) is 83.0 cm³/mol. The predicted octanol–water partition coefficient (Wildman–Crippen LogP) is 2.15. The first-order chi connectivity index (χ1) is 10.2. The summed E-state index contributed by atoms with van der Waals surface area (Å²) in [5.41, 5.74) is 3.97. The molecule has 0 spiro atoms.